The van der Waals surface area contributed by atoms with Crippen molar-refractivity contribution in [1.82, 2.24) is 4.90 Å². The number of halogens is 1. The van der Waals surface area contributed by atoms with E-state index in [9.17, 15) is 0 Å². The summed E-state index contributed by atoms with van der Waals surface area (Å²) in [6, 6.07) is 10.7. The molecule has 88 valence electrons. The van der Waals surface area contributed by atoms with Crippen molar-refractivity contribution < 1.29 is 0 Å². The van der Waals surface area contributed by atoms with Gasteiger partial charge in [0.25, 0.3) is 0 Å². The third-order valence-corrected chi connectivity index (χ3v) is 4.28. The molecule has 1 aromatic rings. The molecular formula is C14H20ClN. The lowest BCUT2D eigenvalue weighted by atomic mass is 9.82. The first-order chi connectivity index (χ1) is 7.72. The summed E-state index contributed by atoms with van der Waals surface area (Å²) in [5.74, 6) is 0.798. The van der Waals surface area contributed by atoms with Crippen LogP contribution in [0.1, 0.15) is 25.3 Å². The minimum absolute atomic E-state index is 0.370. The van der Waals surface area contributed by atoms with Crippen LogP contribution in [0, 0.1) is 5.41 Å². The number of rotatable bonds is 3. The van der Waals surface area contributed by atoms with E-state index in [1.54, 1.807) is 0 Å². The number of hydrogen-bond donors (Lipinski definition) is 0. The van der Waals surface area contributed by atoms with Crippen LogP contribution in [0.5, 0.6) is 0 Å². The third kappa shape index (κ3) is 2.99. The molecular weight excluding hydrogens is 218 g/mol. The van der Waals surface area contributed by atoms with Crippen molar-refractivity contribution in [3.63, 3.8) is 0 Å². The Morgan fingerprint density at radius 3 is 2.38 bits per heavy atom. The largest absolute Gasteiger partial charge is 0.299 e. The van der Waals surface area contributed by atoms with Gasteiger partial charge >= 0.3 is 0 Å². The summed E-state index contributed by atoms with van der Waals surface area (Å²) in [6.07, 6.45) is 2.45. The number of nitrogens with zero attached hydrogens (tertiary/aromatic N) is 1. The van der Waals surface area contributed by atoms with Gasteiger partial charge in [0.1, 0.15) is 0 Å². The van der Waals surface area contributed by atoms with Gasteiger partial charge in [-0.15, -0.1) is 11.6 Å². The lowest BCUT2D eigenvalue weighted by Crippen LogP contribution is -2.39. The van der Waals surface area contributed by atoms with E-state index >= 15 is 0 Å². The summed E-state index contributed by atoms with van der Waals surface area (Å²) in [5, 5.41) is 0. The SMILES string of the molecule is CC1(CCl)CCN(Cc2ccccc2)CC1. The van der Waals surface area contributed by atoms with E-state index in [0.717, 1.165) is 12.4 Å². The highest BCUT2D eigenvalue weighted by atomic mass is 35.5. The van der Waals surface area contributed by atoms with Gasteiger partial charge in [0, 0.05) is 12.4 Å². The maximum absolute atomic E-state index is 6.01. The minimum atomic E-state index is 0.370. The molecule has 0 atom stereocenters. The van der Waals surface area contributed by atoms with Crippen LogP contribution in [0.3, 0.4) is 0 Å². The predicted octanol–water partition coefficient (Wildman–Crippen LogP) is 3.53. The maximum atomic E-state index is 6.01. The molecule has 1 saturated heterocycles. The fourth-order valence-electron chi connectivity index (χ4n) is 2.23. The molecule has 0 aromatic heterocycles. The van der Waals surface area contributed by atoms with Crippen LogP contribution in [0.2, 0.25) is 0 Å². The predicted molar refractivity (Wildman–Crippen MR) is 69.8 cm³/mol. The molecule has 0 saturated carbocycles. The Morgan fingerprint density at radius 2 is 1.81 bits per heavy atom. The molecule has 16 heavy (non-hydrogen) atoms. The van der Waals surface area contributed by atoms with Crippen LogP contribution in [-0.4, -0.2) is 23.9 Å². The quantitative estimate of drug-likeness (QED) is 0.727. The van der Waals surface area contributed by atoms with Gasteiger partial charge in [-0.05, 0) is 36.9 Å². The molecule has 0 spiro atoms. The van der Waals surface area contributed by atoms with Gasteiger partial charge in [-0.2, -0.15) is 0 Å². The van der Waals surface area contributed by atoms with Gasteiger partial charge in [-0.3, -0.25) is 4.90 Å². The first-order valence-electron chi connectivity index (χ1n) is 6.04. The van der Waals surface area contributed by atoms with Gasteiger partial charge in [-0.25, -0.2) is 0 Å². The smallest absolute Gasteiger partial charge is 0.0278 e. The highest BCUT2D eigenvalue weighted by Crippen LogP contribution is 2.32. The van der Waals surface area contributed by atoms with Crippen LogP contribution in [0.4, 0.5) is 0 Å². The number of alkyl halides is 1. The second-order valence-electron chi connectivity index (χ2n) is 5.21. The van der Waals surface area contributed by atoms with Crippen molar-refractivity contribution >= 4 is 11.6 Å². The molecule has 1 fully saturated rings. The molecule has 1 aliphatic rings. The van der Waals surface area contributed by atoms with E-state index in [-0.39, 0.29) is 0 Å². The molecule has 1 aliphatic heterocycles. The summed E-state index contributed by atoms with van der Waals surface area (Å²) in [7, 11) is 0. The molecule has 0 bridgehead atoms. The van der Waals surface area contributed by atoms with Crippen LogP contribution >= 0.6 is 11.6 Å². The average Bonchev–Trinajstić information content (AvgIpc) is 2.34. The molecule has 1 heterocycles. The van der Waals surface area contributed by atoms with Crippen molar-refractivity contribution in [3.8, 4) is 0 Å². The summed E-state index contributed by atoms with van der Waals surface area (Å²) in [6.45, 7) is 5.75. The maximum Gasteiger partial charge on any atom is 0.0278 e. The molecule has 0 amide bonds. The van der Waals surface area contributed by atoms with Crippen molar-refractivity contribution in [1.29, 1.82) is 0 Å². The third-order valence-electron chi connectivity index (χ3n) is 3.63. The first kappa shape index (κ1) is 11.9. The lowest BCUT2D eigenvalue weighted by Gasteiger charge is -2.38. The Kier molecular flexibility index (Phi) is 3.88. The van der Waals surface area contributed by atoms with Gasteiger partial charge in [-0.1, -0.05) is 37.3 Å². The summed E-state index contributed by atoms with van der Waals surface area (Å²) in [4.78, 5) is 2.53. The highest BCUT2D eigenvalue weighted by Gasteiger charge is 2.28. The second-order valence-corrected chi connectivity index (χ2v) is 5.47. The Bertz CT molecular complexity index is 315. The molecule has 2 rings (SSSR count). The van der Waals surface area contributed by atoms with E-state index in [2.05, 4.69) is 42.2 Å². The Hall–Kier alpha value is -0.530. The monoisotopic (exact) mass is 237 g/mol. The molecule has 0 aliphatic carbocycles. The average molecular weight is 238 g/mol. The van der Waals surface area contributed by atoms with E-state index in [4.69, 9.17) is 11.6 Å². The standard InChI is InChI=1S/C14H20ClN/c1-14(12-15)7-9-16(10-8-14)11-13-5-3-2-4-6-13/h2-6H,7-12H2,1H3. The van der Waals surface area contributed by atoms with E-state index < -0.39 is 0 Å². The zero-order valence-corrected chi connectivity index (χ0v) is 10.7. The number of piperidine rings is 1. The van der Waals surface area contributed by atoms with E-state index in [0.29, 0.717) is 5.41 Å². The topological polar surface area (TPSA) is 3.24 Å². The Morgan fingerprint density at radius 1 is 1.19 bits per heavy atom. The molecule has 1 aromatic carbocycles. The molecule has 0 unspecified atom stereocenters. The van der Waals surface area contributed by atoms with E-state index in [1.165, 1.54) is 31.5 Å². The van der Waals surface area contributed by atoms with Gasteiger partial charge in [0.15, 0.2) is 0 Å². The summed E-state index contributed by atoms with van der Waals surface area (Å²) in [5.41, 5.74) is 1.78. The Labute approximate surface area is 103 Å². The van der Waals surface area contributed by atoms with Gasteiger partial charge < -0.3 is 0 Å². The lowest BCUT2D eigenvalue weighted by molar-refractivity contribution is 0.129. The minimum Gasteiger partial charge on any atom is -0.299 e. The molecule has 1 nitrogen and oxygen atoms in total. The zero-order chi connectivity index (χ0) is 11.4. The highest BCUT2D eigenvalue weighted by molar-refractivity contribution is 6.18. The number of benzene rings is 1. The molecule has 0 radical (unpaired) electrons. The van der Waals surface area contributed by atoms with Crippen molar-refractivity contribution in [2.45, 2.75) is 26.3 Å². The summed E-state index contributed by atoms with van der Waals surface area (Å²) < 4.78 is 0. The van der Waals surface area contributed by atoms with Crippen molar-refractivity contribution in [2.75, 3.05) is 19.0 Å². The number of likely N-dealkylation sites (tertiary alicyclic amines) is 1. The second kappa shape index (κ2) is 5.20. The summed E-state index contributed by atoms with van der Waals surface area (Å²) >= 11 is 6.01. The zero-order valence-electron chi connectivity index (χ0n) is 9.95. The van der Waals surface area contributed by atoms with E-state index in [1.807, 2.05) is 0 Å². The molecule has 2 heteroatoms. The molecule has 0 N–H and O–H groups in total. The van der Waals surface area contributed by atoms with Crippen LogP contribution in [0.15, 0.2) is 30.3 Å². The normalized spacial score (nSPS) is 20.9. The fraction of sp³-hybridized carbons (Fsp3) is 0.571. The fourth-order valence-corrected chi connectivity index (χ4v) is 2.49. The van der Waals surface area contributed by atoms with Crippen LogP contribution in [-0.2, 0) is 6.54 Å². The van der Waals surface area contributed by atoms with Gasteiger partial charge in [0.2, 0.25) is 0 Å². The van der Waals surface area contributed by atoms with Crippen LogP contribution < -0.4 is 0 Å². The van der Waals surface area contributed by atoms with Crippen LogP contribution in [0.25, 0.3) is 0 Å². The Balaban J connectivity index is 1.86. The van der Waals surface area contributed by atoms with Gasteiger partial charge in [0.05, 0.1) is 0 Å². The van der Waals surface area contributed by atoms with Crippen molar-refractivity contribution in [3.05, 3.63) is 35.9 Å². The van der Waals surface area contributed by atoms with Crippen molar-refractivity contribution in [2.24, 2.45) is 5.41 Å². The first-order valence-corrected chi connectivity index (χ1v) is 6.58. The number of hydrogen-bond acceptors (Lipinski definition) is 1.